The molecule has 0 aliphatic rings. The van der Waals surface area contributed by atoms with Crippen LogP contribution < -0.4 is 5.32 Å². The Labute approximate surface area is 116 Å². The lowest BCUT2D eigenvalue weighted by Gasteiger charge is -2.09. The summed E-state index contributed by atoms with van der Waals surface area (Å²) in [5.74, 6) is 1.88. The van der Waals surface area contributed by atoms with Crippen molar-refractivity contribution in [2.75, 3.05) is 12.3 Å². The van der Waals surface area contributed by atoms with E-state index in [2.05, 4.69) is 38.1 Å². The van der Waals surface area contributed by atoms with Crippen LogP contribution in [-0.2, 0) is 13.6 Å². The molecule has 1 rings (SSSR count). The zero-order valence-corrected chi connectivity index (χ0v) is 13.2. The molecule has 0 spiro atoms. The third-order valence-corrected chi connectivity index (χ3v) is 4.16. The standard InChI is InChI=1S/C14H27N3S/c1-6-7-8-18-14-13(10-15-9-11(2)3)12(4)16-17(14)5/h11,15H,6-10H2,1-5H3. The van der Waals surface area contributed by atoms with E-state index in [1.165, 1.54) is 29.2 Å². The van der Waals surface area contributed by atoms with E-state index in [-0.39, 0.29) is 0 Å². The maximum Gasteiger partial charge on any atom is 0.0984 e. The molecular weight excluding hydrogens is 242 g/mol. The smallest absolute Gasteiger partial charge is 0.0984 e. The molecule has 0 amide bonds. The number of rotatable bonds is 8. The molecule has 0 aliphatic heterocycles. The highest BCUT2D eigenvalue weighted by Crippen LogP contribution is 2.25. The van der Waals surface area contributed by atoms with Gasteiger partial charge < -0.3 is 5.32 Å². The predicted molar refractivity (Wildman–Crippen MR) is 80.1 cm³/mol. The SMILES string of the molecule is CCCCSc1c(CNCC(C)C)c(C)nn1C. The van der Waals surface area contributed by atoms with Crippen molar-refractivity contribution < 1.29 is 0 Å². The fourth-order valence-corrected chi connectivity index (χ4v) is 3.11. The van der Waals surface area contributed by atoms with Crippen molar-refractivity contribution in [3.05, 3.63) is 11.3 Å². The fourth-order valence-electron chi connectivity index (χ4n) is 1.86. The lowest BCUT2D eigenvalue weighted by Crippen LogP contribution is -2.19. The number of hydrogen-bond acceptors (Lipinski definition) is 3. The Morgan fingerprint density at radius 2 is 2.11 bits per heavy atom. The van der Waals surface area contributed by atoms with Crippen LogP contribution in [0, 0.1) is 12.8 Å². The van der Waals surface area contributed by atoms with Crippen molar-refractivity contribution in [3.8, 4) is 0 Å². The van der Waals surface area contributed by atoms with Crippen LogP contribution in [0.3, 0.4) is 0 Å². The van der Waals surface area contributed by atoms with Crippen LogP contribution in [-0.4, -0.2) is 22.1 Å². The van der Waals surface area contributed by atoms with Crippen molar-refractivity contribution in [2.24, 2.45) is 13.0 Å². The van der Waals surface area contributed by atoms with Crippen LogP contribution in [0.2, 0.25) is 0 Å². The topological polar surface area (TPSA) is 29.9 Å². The second-order valence-electron chi connectivity index (χ2n) is 5.22. The van der Waals surface area contributed by atoms with Gasteiger partial charge in [-0.05, 0) is 31.6 Å². The van der Waals surface area contributed by atoms with Gasteiger partial charge >= 0.3 is 0 Å². The summed E-state index contributed by atoms with van der Waals surface area (Å²) in [6.07, 6.45) is 2.53. The molecule has 1 aromatic rings. The molecule has 0 saturated carbocycles. The van der Waals surface area contributed by atoms with E-state index in [0.29, 0.717) is 5.92 Å². The highest BCUT2D eigenvalue weighted by atomic mass is 32.2. The number of nitrogens with zero attached hydrogens (tertiary/aromatic N) is 2. The number of nitrogens with one attached hydrogen (secondary N) is 1. The summed E-state index contributed by atoms with van der Waals surface area (Å²) in [5, 5.41) is 9.39. The summed E-state index contributed by atoms with van der Waals surface area (Å²) < 4.78 is 2.03. The van der Waals surface area contributed by atoms with Crippen LogP contribution in [0.15, 0.2) is 5.03 Å². The van der Waals surface area contributed by atoms with E-state index >= 15 is 0 Å². The molecule has 0 aliphatic carbocycles. The van der Waals surface area contributed by atoms with Crippen LogP contribution in [0.25, 0.3) is 0 Å². The van der Waals surface area contributed by atoms with Gasteiger partial charge in [-0.15, -0.1) is 11.8 Å². The highest BCUT2D eigenvalue weighted by Gasteiger charge is 2.13. The summed E-state index contributed by atoms with van der Waals surface area (Å²) in [7, 11) is 2.05. The fraction of sp³-hybridized carbons (Fsp3) is 0.786. The van der Waals surface area contributed by atoms with Crippen LogP contribution in [0.4, 0.5) is 0 Å². The van der Waals surface area contributed by atoms with Gasteiger partial charge in [0.2, 0.25) is 0 Å². The Morgan fingerprint density at radius 3 is 2.72 bits per heavy atom. The number of hydrogen-bond donors (Lipinski definition) is 1. The Morgan fingerprint density at radius 1 is 1.39 bits per heavy atom. The molecule has 0 fully saturated rings. The lowest BCUT2D eigenvalue weighted by molar-refractivity contribution is 0.548. The highest BCUT2D eigenvalue weighted by molar-refractivity contribution is 7.99. The van der Waals surface area contributed by atoms with Crippen LogP contribution in [0.5, 0.6) is 0 Å². The van der Waals surface area contributed by atoms with E-state index in [9.17, 15) is 0 Å². The van der Waals surface area contributed by atoms with Crippen LogP contribution >= 0.6 is 11.8 Å². The lowest BCUT2D eigenvalue weighted by atomic mass is 10.2. The van der Waals surface area contributed by atoms with Gasteiger partial charge in [0.15, 0.2) is 0 Å². The zero-order valence-electron chi connectivity index (χ0n) is 12.4. The summed E-state index contributed by atoms with van der Waals surface area (Å²) in [6, 6.07) is 0. The number of aromatic nitrogens is 2. The summed E-state index contributed by atoms with van der Waals surface area (Å²) in [4.78, 5) is 0. The normalized spacial score (nSPS) is 11.4. The maximum absolute atomic E-state index is 4.54. The molecule has 104 valence electrons. The largest absolute Gasteiger partial charge is 0.312 e. The average molecular weight is 269 g/mol. The third kappa shape index (κ3) is 4.65. The third-order valence-electron chi connectivity index (χ3n) is 2.88. The Bertz CT molecular complexity index is 358. The van der Waals surface area contributed by atoms with Crippen molar-refractivity contribution in [3.63, 3.8) is 0 Å². The number of thioether (sulfide) groups is 1. The van der Waals surface area contributed by atoms with Gasteiger partial charge in [0.05, 0.1) is 10.7 Å². The van der Waals surface area contributed by atoms with Gasteiger partial charge in [0.25, 0.3) is 0 Å². The average Bonchev–Trinajstić information content (AvgIpc) is 2.55. The summed E-state index contributed by atoms with van der Waals surface area (Å²) >= 11 is 1.94. The first kappa shape index (κ1) is 15.6. The van der Waals surface area contributed by atoms with Gasteiger partial charge in [0.1, 0.15) is 0 Å². The number of aryl methyl sites for hydroxylation is 2. The molecule has 1 heterocycles. The van der Waals surface area contributed by atoms with Crippen molar-refractivity contribution in [1.29, 1.82) is 0 Å². The summed E-state index contributed by atoms with van der Waals surface area (Å²) in [6.45, 7) is 10.8. The van der Waals surface area contributed by atoms with Gasteiger partial charge in [-0.2, -0.15) is 5.10 Å². The second kappa shape index (κ2) is 7.85. The van der Waals surface area contributed by atoms with E-state index in [1.807, 2.05) is 23.5 Å². The van der Waals surface area contributed by atoms with E-state index in [0.717, 1.165) is 18.8 Å². The molecule has 18 heavy (non-hydrogen) atoms. The molecule has 0 atom stereocenters. The van der Waals surface area contributed by atoms with E-state index in [4.69, 9.17) is 0 Å². The first-order valence-corrected chi connectivity index (χ1v) is 7.90. The molecule has 0 saturated heterocycles. The number of unbranched alkanes of at least 4 members (excludes halogenated alkanes) is 1. The van der Waals surface area contributed by atoms with Gasteiger partial charge in [-0.1, -0.05) is 27.2 Å². The van der Waals surface area contributed by atoms with Gasteiger partial charge in [-0.3, -0.25) is 4.68 Å². The van der Waals surface area contributed by atoms with Crippen molar-refractivity contribution >= 4 is 11.8 Å². The summed E-state index contributed by atoms with van der Waals surface area (Å²) in [5.41, 5.74) is 2.53. The molecule has 4 heteroatoms. The monoisotopic (exact) mass is 269 g/mol. The minimum Gasteiger partial charge on any atom is -0.312 e. The second-order valence-corrected chi connectivity index (χ2v) is 6.30. The predicted octanol–water partition coefficient (Wildman–Crippen LogP) is 3.37. The van der Waals surface area contributed by atoms with Gasteiger partial charge in [0, 0.05) is 19.2 Å². The Balaban J connectivity index is 2.63. The Kier molecular flexibility index (Phi) is 6.79. The zero-order chi connectivity index (χ0) is 13.5. The van der Waals surface area contributed by atoms with Gasteiger partial charge in [-0.25, -0.2) is 0 Å². The molecular formula is C14H27N3S. The molecule has 0 radical (unpaired) electrons. The first-order valence-electron chi connectivity index (χ1n) is 6.92. The van der Waals surface area contributed by atoms with Crippen molar-refractivity contribution in [2.45, 2.75) is 52.1 Å². The van der Waals surface area contributed by atoms with E-state index < -0.39 is 0 Å². The van der Waals surface area contributed by atoms with E-state index in [1.54, 1.807) is 0 Å². The molecule has 0 bridgehead atoms. The van der Waals surface area contributed by atoms with Crippen molar-refractivity contribution in [1.82, 2.24) is 15.1 Å². The molecule has 1 aromatic heterocycles. The Hall–Kier alpha value is -0.480. The minimum atomic E-state index is 0.693. The first-order chi connectivity index (χ1) is 8.56. The maximum atomic E-state index is 4.54. The molecule has 1 N–H and O–H groups in total. The molecule has 0 aromatic carbocycles. The minimum absolute atomic E-state index is 0.693. The quantitative estimate of drug-likeness (QED) is 0.580. The molecule has 0 unspecified atom stereocenters. The molecule has 3 nitrogen and oxygen atoms in total. The van der Waals surface area contributed by atoms with Crippen LogP contribution in [0.1, 0.15) is 44.9 Å².